The third-order valence-corrected chi connectivity index (χ3v) is 7.14. The van der Waals surface area contributed by atoms with Crippen molar-refractivity contribution in [2.45, 2.75) is 50.7 Å². The van der Waals surface area contributed by atoms with E-state index < -0.39 is 35.4 Å². The first kappa shape index (κ1) is 30.0. The molecule has 0 saturated heterocycles. The molecule has 0 fully saturated rings. The molecule has 8 nitrogen and oxygen atoms in total. The van der Waals surface area contributed by atoms with Crippen molar-refractivity contribution in [3.8, 4) is 0 Å². The van der Waals surface area contributed by atoms with E-state index in [1.807, 2.05) is 72.8 Å². The summed E-state index contributed by atoms with van der Waals surface area (Å²) in [4.78, 5) is 51.8. The molecule has 42 heavy (non-hydrogen) atoms. The molecule has 2 amide bonds. The van der Waals surface area contributed by atoms with Crippen LogP contribution in [-0.2, 0) is 32.0 Å². The van der Waals surface area contributed by atoms with Gasteiger partial charge < -0.3 is 20.9 Å². The molecule has 4 rings (SSSR count). The standard InChI is InChI=1S/C34H34N2O6/c1-2-18-34(32(39)40,36-31(38)29-15-9-8-14-27(29)19-23-10-4-3-5-11-23)33(41)42-28(22-30(35)37)21-24-16-17-25-12-6-7-13-26(25)20-24/h3-17,20,28H,2,18-19,21-22H2,1H3,(H2,35,37)(H,36,38)(H,39,40)/t28-,34-/m0/s1. The smallest absolute Gasteiger partial charge is 0.344 e. The molecule has 4 aromatic rings. The number of rotatable bonds is 13. The number of esters is 1. The highest BCUT2D eigenvalue weighted by Gasteiger charge is 2.49. The molecule has 0 spiro atoms. The van der Waals surface area contributed by atoms with Crippen molar-refractivity contribution >= 4 is 34.5 Å². The fourth-order valence-electron chi connectivity index (χ4n) is 5.07. The van der Waals surface area contributed by atoms with Gasteiger partial charge in [0.2, 0.25) is 11.4 Å². The second kappa shape index (κ2) is 13.6. The maximum absolute atomic E-state index is 13.7. The first-order chi connectivity index (χ1) is 20.2. The molecule has 216 valence electrons. The number of nitrogens with two attached hydrogens (primary N) is 1. The number of carboxylic acid groups (broad SMARTS) is 1. The van der Waals surface area contributed by atoms with Gasteiger partial charge in [-0.15, -0.1) is 0 Å². The van der Waals surface area contributed by atoms with Crippen molar-refractivity contribution in [1.82, 2.24) is 5.32 Å². The Kier molecular flexibility index (Phi) is 9.70. The second-order valence-corrected chi connectivity index (χ2v) is 10.3. The zero-order valence-electron chi connectivity index (χ0n) is 23.4. The zero-order valence-corrected chi connectivity index (χ0v) is 23.4. The maximum Gasteiger partial charge on any atom is 0.344 e. The van der Waals surface area contributed by atoms with Crippen LogP contribution in [0.1, 0.15) is 53.2 Å². The predicted molar refractivity (Wildman–Crippen MR) is 160 cm³/mol. The first-order valence-corrected chi connectivity index (χ1v) is 13.9. The Balaban J connectivity index is 1.60. The Morgan fingerprint density at radius 2 is 1.52 bits per heavy atom. The first-order valence-electron chi connectivity index (χ1n) is 13.9. The summed E-state index contributed by atoms with van der Waals surface area (Å²) >= 11 is 0. The number of amides is 2. The van der Waals surface area contributed by atoms with Crippen LogP contribution in [-0.4, -0.2) is 40.5 Å². The van der Waals surface area contributed by atoms with Crippen LogP contribution in [0.25, 0.3) is 10.8 Å². The lowest BCUT2D eigenvalue weighted by Crippen LogP contribution is -2.61. The molecular formula is C34H34N2O6. The number of primary amides is 1. The summed E-state index contributed by atoms with van der Waals surface area (Å²) in [5.41, 5.74) is 5.77. The number of carbonyl (C=O) groups is 4. The molecule has 0 aliphatic heterocycles. The van der Waals surface area contributed by atoms with Gasteiger partial charge in [-0.25, -0.2) is 9.59 Å². The molecule has 0 radical (unpaired) electrons. The number of fused-ring (bicyclic) bond motifs is 1. The summed E-state index contributed by atoms with van der Waals surface area (Å²) in [6, 6.07) is 29.8. The van der Waals surface area contributed by atoms with Crippen molar-refractivity contribution in [1.29, 1.82) is 0 Å². The summed E-state index contributed by atoms with van der Waals surface area (Å²) in [5.74, 6) is -4.12. The molecule has 0 heterocycles. The van der Waals surface area contributed by atoms with Crippen molar-refractivity contribution in [2.24, 2.45) is 5.73 Å². The lowest BCUT2D eigenvalue weighted by molar-refractivity contribution is -0.167. The molecule has 0 saturated carbocycles. The highest BCUT2D eigenvalue weighted by atomic mass is 16.5. The van der Waals surface area contributed by atoms with E-state index in [4.69, 9.17) is 10.5 Å². The van der Waals surface area contributed by atoms with E-state index in [1.165, 1.54) is 0 Å². The number of aliphatic carboxylic acids is 1. The average Bonchev–Trinajstić information content (AvgIpc) is 2.97. The van der Waals surface area contributed by atoms with E-state index in [9.17, 15) is 24.3 Å². The minimum atomic E-state index is -2.37. The number of hydrogen-bond acceptors (Lipinski definition) is 5. The third-order valence-electron chi connectivity index (χ3n) is 7.14. The van der Waals surface area contributed by atoms with Crippen LogP contribution in [0.15, 0.2) is 97.1 Å². The van der Waals surface area contributed by atoms with Crippen LogP contribution in [0.2, 0.25) is 0 Å². The topological polar surface area (TPSA) is 136 Å². The largest absolute Gasteiger partial charge is 0.479 e. The molecule has 8 heteroatoms. The summed E-state index contributed by atoms with van der Waals surface area (Å²) in [7, 11) is 0. The lowest BCUT2D eigenvalue weighted by atomic mass is 9.91. The van der Waals surface area contributed by atoms with Gasteiger partial charge in [0.1, 0.15) is 6.10 Å². The van der Waals surface area contributed by atoms with Gasteiger partial charge in [-0.1, -0.05) is 104 Å². The van der Waals surface area contributed by atoms with E-state index >= 15 is 0 Å². The molecule has 0 aliphatic rings. The van der Waals surface area contributed by atoms with Gasteiger partial charge in [-0.05, 0) is 46.4 Å². The van der Waals surface area contributed by atoms with Gasteiger partial charge in [0.25, 0.3) is 5.91 Å². The number of benzene rings is 4. The SMILES string of the molecule is CCC[C@](NC(=O)c1ccccc1Cc1ccccc1)(C(=O)O)C(=O)O[C@H](CC(N)=O)Cc1ccc2ccccc2c1. The summed E-state index contributed by atoms with van der Waals surface area (Å²) in [5, 5.41) is 14.8. The van der Waals surface area contributed by atoms with Crippen LogP contribution >= 0.6 is 0 Å². The van der Waals surface area contributed by atoms with E-state index in [0.717, 1.165) is 21.9 Å². The van der Waals surface area contributed by atoms with Gasteiger partial charge in [0.05, 0.1) is 6.42 Å². The molecule has 4 N–H and O–H groups in total. The van der Waals surface area contributed by atoms with Gasteiger partial charge in [-0.2, -0.15) is 0 Å². The van der Waals surface area contributed by atoms with Crippen LogP contribution < -0.4 is 11.1 Å². The van der Waals surface area contributed by atoms with Crippen LogP contribution in [0.5, 0.6) is 0 Å². The van der Waals surface area contributed by atoms with Crippen LogP contribution in [0.3, 0.4) is 0 Å². The fourth-order valence-corrected chi connectivity index (χ4v) is 5.07. The van der Waals surface area contributed by atoms with Gasteiger partial charge >= 0.3 is 11.9 Å². The Morgan fingerprint density at radius 1 is 0.857 bits per heavy atom. The van der Waals surface area contributed by atoms with E-state index in [1.54, 1.807) is 31.2 Å². The molecule has 0 aliphatic carbocycles. The van der Waals surface area contributed by atoms with Crippen LogP contribution in [0.4, 0.5) is 0 Å². The third kappa shape index (κ3) is 7.20. The van der Waals surface area contributed by atoms with Gasteiger partial charge in [0.15, 0.2) is 0 Å². The normalized spacial score (nSPS) is 13.1. The number of ether oxygens (including phenoxy) is 1. The summed E-state index contributed by atoms with van der Waals surface area (Å²) in [6.07, 6.45) is -0.724. The summed E-state index contributed by atoms with van der Waals surface area (Å²) in [6.45, 7) is 1.70. The van der Waals surface area contributed by atoms with Crippen molar-refractivity contribution in [3.05, 3.63) is 119 Å². The number of carbonyl (C=O) groups excluding carboxylic acids is 3. The number of nitrogens with one attached hydrogen (secondary N) is 1. The van der Waals surface area contributed by atoms with Crippen molar-refractivity contribution < 1.29 is 29.0 Å². The Morgan fingerprint density at radius 3 is 2.21 bits per heavy atom. The quantitative estimate of drug-likeness (QED) is 0.157. The highest BCUT2D eigenvalue weighted by molar-refractivity contribution is 6.10. The second-order valence-electron chi connectivity index (χ2n) is 10.3. The Hall–Kier alpha value is -4.98. The van der Waals surface area contributed by atoms with Gasteiger partial charge in [-0.3, -0.25) is 9.59 Å². The minimum absolute atomic E-state index is 0.134. The maximum atomic E-state index is 13.7. The van der Waals surface area contributed by atoms with Crippen molar-refractivity contribution in [3.63, 3.8) is 0 Å². The Bertz CT molecular complexity index is 1590. The van der Waals surface area contributed by atoms with E-state index in [-0.39, 0.29) is 31.2 Å². The van der Waals surface area contributed by atoms with E-state index in [0.29, 0.717) is 12.0 Å². The predicted octanol–water partition coefficient (Wildman–Crippen LogP) is 4.81. The highest BCUT2D eigenvalue weighted by Crippen LogP contribution is 2.23. The van der Waals surface area contributed by atoms with Crippen LogP contribution in [0, 0.1) is 0 Å². The molecule has 2 atom stereocenters. The Labute approximate surface area is 244 Å². The van der Waals surface area contributed by atoms with Crippen molar-refractivity contribution in [2.75, 3.05) is 0 Å². The molecule has 4 aromatic carbocycles. The van der Waals surface area contributed by atoms with Gasteiger partial charge in [0, 0.05) is 12.0 Å². The lowest BCUT2D eigenvalue weighted by Gasteiger charge is -2.30. The zero-order chi connectivity index (χ0) is 30.1. The molecule has 0 bridgehead atoms. The summed E-state index contributed by atoms with van der Waals surface area (Å²) < 4.78 is 5.68. The minimum Gasteiger partial charge on any atom is -0.479 e. The molecule has 0 aromatic heterocycles. The molecule has 0 unspecified atom stereocenters. The van der Waals surface area contributed by atoms with E-state index in [2.05, 4.69) is 5.32 Å². The monoisotopic (exact) mass is 566 g/mol. The average molecular weight is 567 g/mol. The fraction of sp³-hybridized carbons (Fsp3) is 0.235. The number of carboxylic acids is 1. The number of hydrogen-bond donors (Lipinski definition) is 3. The molecular weight excluding hydrogens is 532 g/mol.